The van der Waals surface area contributed by atoms with Gasteiger partial charge in [0.15, 0.2) is 17.8 Å². The zero-order chi connectivity index (χ0) is 13.3. The van der Waals surface area contributed by atoms with E-state index in [0.29, 0.717) is 6.07 Å². The molecule has 0 nitrogen and oxygen atoms in total. The smallest absolute Gasteiger partial charge is 0.165 e. The Morgan fingerprint density at radius 2 is 1.50 bits per heavy atom. The highest BCUT2D eigenvalue weighted by Gasteiger charge is 2.22. The van der Waals surface area contributed by atoms with Crippen LogP contribution in [0.25, 0.3) is 0 Å². The fraction of sp³-hybridized carbons (Fsp3) is 0.0769. The molecule has 2 aromatic rings. The molecule has 94 valence electrons. The molecule has 1 unspecified atom stereocenters. The van der Waals surface area contributed by atoms with E-state index in [1.165, 1.54) is 0 Å². The number of rotatable bonds is 2. The second kappa shape index (κ2) is 4.76. The second-order valence-corrected chi connectivity index (χ2v) is 3.67. The van der Waals surface area contributed by atoms with Gasteiger partial charge >= 0.3 is 0 Å². The number of hydrogen-bond donors (Lipinski definition) is 0. The van der Waals surface area contributed by atoms with Crippen LogP contribution in [-0.2, 0) is 0 Å². The van der Waals surface area contributed by atoms with Crippen LogP contribution in [0.15, 0.2) is 36.4 Å². The fourth-order valence-electron chi connectivity index (χ4n) is 1.59. The van der Waals surface area contributed by atoms with E-state index in [4.69, 9.17) is 0 Å². The van der Waals surface area contributed by atoms with E-state index >= 15 is 0 Å². The van der Waals surface area contributed by atoms with Crippen molar-refractivity contribution in [1.29, 1.82) is 0 Å². The first-order chi connectivity index (χ1) is 8.50. The molecule has 0 heterocycles. The summed E-state index contributed by atoms with van der Waals surface area (Å²) in [5.41, 5.74) is -1.17. The Labute approximate surface area is 99.7 Å². The minimum Gasteiger partial charge on any atom is -0.237 e. The Morgan fingerprint density at radius 3 is 2.17 bits per heavy atom. The maximum atomic E-state index is 13.9. The van der Waals surface area contributed by atoms with Crippen molar-refractivity contribution in [2.75, 3.05) is 0 Å². The summed E-state index contributed by atoms with van der Waals surface area (Å²) in [6.07, 6.45) is -2.19. The summed E-state index contributed by atoms with van der Waals surface area (Å²) in [7, 11) is 0. The van der Waals surface area contributed by atoms with E-state index in [0.717, 1.165) is 30.3 Å². The van der Waals surface area contributed by atoms with Crippen LogP contribution in [0.1, 0.15) is 17.3 Å². The molecule has 2 aromatic carbocycles. The summed E-state index contributed by atoms with van der Waals surface area (Å²) >= 11 is 0. The van der Waals surface area contributed by atoms with Gasteiger partial charge in [0.2, 0.25) is 0 Å². The van der Waals surface area contributed by atoms with Crippen molar-refractivity contribution < 1.29 is 22.0 Å². The Balaban J connectivity index is 2.48. The zero-order valence-corrected chi connectivity index (χ0v) is 8.93. The molecule has 0 spiro atoms. The highest BCUT2D eigenvalue weighted by molar-refractivity contribution is 5.32. The van der Waals surface area contributed by atoms with Crippen molar-refractivity contribution in [3.05, 3.63) is 70.8 Å². The SMILES string of the molecule is Fc1ccc(C(F)c2cccc(F)c2F)c(F)c1. The molecule has 0 aliphatic carbocycles. The summed E-state index contributed by atoms with van der Waals surface area (Å²) in [6.45, 7) is 0. The first-order valence-electron chi connectivity index (χ1n) is 5.03. The monoisotopic (exact) mass is 258 g/mol. The van der Waals surface area contributed by atoms with E-state index in [2.05, 4.69) is 0 Å². The lowest BCUT2D eigenvalue weighted by Crippen LogP contribution is -2.03. The van der Waals surface area contributed by atoms with Gasteiger partial charge in [0.05, 0.1) is 0 Å². The van der Waals surface area contributed by atoms with E-state index in [1.807, 2.05) is 0 Å². The third-order valence-corrected chi connectivity index (χ3v) is 2.49. The summed E-state index contributed by atoms with van der Waals surface area (Å²) < 4.78 is 66.2. The van der Waals surface area contributed by atoms with Crippen molar-refractivity contribution in [2.45, 2.75) is 6.17 Å². The summed E-state index contributed by atoms with van der Waals surface area (Å²) in [5, 5.41) is 0. The van der Waals surface area contributed by atoms with Crippen molar-refractivity contribution in [2.24, 2.45) is 0 Å². The molecular formula is C13H7F5. The number of hydrogen-bond acceptors (Lipinski definition) is 0. The van der Waals surface area contributed by atoms with Crippen LogP contribution in [0, 0.1) is 23.3 Å². The van der Waals surface area contributed by atoms with Crippen molar-refractivity contribution in [3.63, 3.8) is 0 Å². The average Bonchev–Trinajstić information content (AvgIpc) is 2.32. The van der Waals surface area contributed by atoms with Crippen LogP contribution in [0.2, 0.25) is 0 Å². The average molecular weight is 258 g/mol. The van der Waals surface area contributed by atoms with Crippen molar-refractivity contribution >= 4 is 0 Å². The highest BCUT2D eigenvalue weighted by atomic mass is 19.2. The molecular weight excluding hydrogens is 251 g/mol. The largest absolute Gasteiger partial charge is 0.237 e. The number of benzene rings is 2. The maximum absolute atomic E-state index is 13.9. The normalized spacial score (nSPS) is 12.5. The summed E-state index contributed by atoms with van der Waals surface area (Å²) in [5.74, 6) is -4.62. The van der Waals surface area contributed by atoms with Crippen LogP contribution in [0.5, 0.6) is 0 Å². The molecule has 0 aliphatic heterocycles. The Hall–Kier alpha value is -1.91. The van der Waals surface area contributed by atoms with Gasteiger partial charge in [-0.2, -0.15) is 0 Å². The van der Waals surface area contributed by atoms with E-state index < -0.39 is 40.6 Å². The summed E-state index contributed by atoms with van der Waals surface area (Å²) in [6, 6.07) is 5.14. The van der Waals surface area contributed by atoms with Crippen LogP contribution < -0.4 is 0 Å². The van der Waals surface area contributed by atoms with Crippen molar-refractivity contribution in [3.8, 4) is 0 Å². The molecule has 0 bridgehead atoms. The molecule has 0 aromatic heterocycles. The van der Waals surface area contributed by atoms with Gasteiger partial charge in [0.25, 0.3) is 0 Å². The zero-order valence-electron chi connectivity index (χ0n) is 8.93. The minimum absolute atomic E-state index is 0.485. The Bertz CT molecular complexity index is 580. The van der Waals surface area contributed by atoms with Crippen LogP contribution in [0.3, 0.4) is 0 Å². The van der Waals surface area contributed by atoms with E-state index in [9.17, 15) is 22.0 Å². The van der Waals surface area contributed by atoms with Crippen LogP contribution in [0.4, 0.5) is 22.0 Å². The lowest BCUT2D eigenvalue weighted by Gasteiger charge is -2.11. The van der Waals surface area contributed by atoms with Gasteiger partial charge in [-0.05, 0) is 18.2 Å². The molecule has 5 heteroatoms. The van der Waals surface area contributed by atoms with Gasteiger partial charge in [-0.1, -0.05) is 12.1 Å². The standard InChI is InChI=1S/C13H7F5/c14-7-4-5-8(11(16)6-7)12(17)9-2-1-3-10(15)13(9)18/h1-6,12H. The topological polar surface area (TPSA) is 0 Å². The van der Waals surface area contributed by atoms with Gasteiger partial charge < -0.3 is 0 Å². The Morgan fingerprint density at radius 1 is 0.778 bits per heavy atom. The lowest BCUT2D eigenvalue weighted by molar-refractivity contribution is 0.366. The molecule has 0 amide bonds. The van der Waals surface area contributed by atoms with E-state index in [1.54, 1.807) is 0 Å². The van der Waals surface area contributed by atoms with Gasteiger partial charge in [0, 0.05) is 17.2 Å². The first-order valence-corrected chi connectivity index (χ1v) is 5.03. The molecule has 0 radical (unpaired) electrons. The number of alkyl halides is 1. The minimum atomic E-state index is -2.19. The molecule has 2 rings (SSSR count). The molecule has 0 aliphatic rings. The molecule has 0 N–H and O–H groups in total. The molecule has 0 saturated carbocycles. The first kappa shape index (κ1) is 12.5. The van der Waals surface area contributed by atoms with E-state index in [-0.39, 0.29) is 0 Å². The predicted molar refractivity (Wildman–Crippen MR) is 55.7 cm³/mol. The third-order valence-electron chi connectivity index (χ3n) is 2.49. The maximum Gasteiger partial charge on any atom is 0.165 e. The highest BCUT2D eigenvalue weighted by Crippen LogP contribution is 2.30. The van der Waals surface area contributed by atoms with Crippen molar-refractivity contribution in [1.82, 2.24) is 0 Å². The van der Waals surface area contributed by atoms with Gasteiger partial charge in [-0.3, -0.25) is 0 Å². The molecule has 0 fully saturated rings. The van der Waals surface area contributed by atoms with Gasteiger partial charge in [-0.25, -0.2) is 22.0 Å². The second-order valence-electron chi connectivity index (χ2n) is 3.67. The fourth-order valence-corrected chi connectivity index (χ4v) is 1.59. The summed E-state index contributed by atoms with van der Waals surface area (Å²) in [4.78, 5) is 0. The molecule has 1 atom stereocenters. The van der Waals surface area contributed by atoms with Crippen LogP contribution >= 0.6 is 0 Å². The van der Waals surface area contributed by atoms with Gasteiger partial charge in [0.1, 0.15) is 11.6 Å². The number of halogens is 5. The third kappa shape index (κ3) is 2.20. The van der Waals surface area contributed by atoms with Gasteiger partial charge in [-0.15, -0.1) is 0 Å². The van der Waals surface area contributed by atoms with Crippen LogP contribution in [-0.4, -0.2) is 0 Å². The quantitative estimate of drug-likeness (QED) is 0.704. The molecule has 18 heavy (non-hydrogen) atoms. The lowest BCUT2D eigenvalue weighted by atomic mass is 10.0. The predicted octanol–water partition coefficient (Wildman–Crippen LogP) is 4.30. The Kier molecular flexibility index (Phi) is 3.32. The molecule has 0 saturated heterocycles.